The third kappa shape index (κ3) is 4.01. The average Bonchev–Trinajstić information content (AvgIpc) is 2.71. The fourth-order valence-electron chi connectivity index (χ4n) is 2.16. The van der Waals surface area contributed by atoms with E-state index in [1.165, 1.54) is 11.1 Å². The molecule has 0 aliphatic carbocycles. The van der Waals surface area contributed by atoms with Crippen LogP contribution in [0.4, 0.5) is 0 Å². The molecular weight excluding hydrogens is 272 g/mol. The van der Waals surface area contributed by atoms with Gasteiger partial charge in [0.05, 0.1) is 12.3 Å². The molecule has 2 aromatic rings. The second-order valence-corrected chi connectivity index (χ2v) is 5.23. The Kier molecular flexibility index (Phi) is 6.08. The van der Waals surface area contributed by atoms with Crippen molar-refractivity contribution in [1.82, 2.24) is 10.2 Å². The third-order valence-electron chi connectivity index (χ3n) is 3.45. The van der Waals surface area contributed by atoms with Crippen LogP contribution in [0.1, 0.15) is 42.3 Å². The first-order valence-corrected chi connectivity index (χ1v) is 6.81. The molecule has 0 saturated carbocycles. The monoisotopic (exact) mass is 294 g/mol. The van der Waals surface area contributed by atoms with Crippen LogP contribution in [0.15, 0.2) is 24.3 Å². The predicted octanol–water partition coefficient (Wildman–Crippen LogP) is 4.19. The highest BCUT2D eigenvalue weighted by Gasteiger charge is 2.06. The van der Waals surface area contributed by atoms with E-state index in [2.05, 4.69) is 36.2 Å². The summed E-state index contributed by atoms with van der Waals surface area (Å²) in [6, 6.07) is 8.36. The first-order valence-electron chi connectivity index (χ1n) is 6.81. The van der Waals surface area contributed by atoms with Gasteiger partial charge in [0.15, 0.2) is 0 Å². The van der Waals surface area contributed by atoms with Crippen molar-refractivity contribution in [3.05, 3.63) is 46.8 Å². The molecule has 3 nitrogen and oxygen atoms in total. The molecule has 4 heteroatoms. The summed E-state index contributed by atoms with van der Waals surface area (Å²) in [5, 5.41) is 7.19. The zero-order valence-electron chi connectivity index (χ0n) is 12.6. The molecule has 0 unspecified atom stereocenters. The maximum atomic E-state index is 5.78. The smallest absolute Gasteiger partial charge is 0.119 e. The predicted molar refractivity (Wildman–Crippen MR) is 85.0 cm³/mol. The Labute approximate surface area is 127 Å². The third-order valence-corrected chi connectivity index (χ3v) is 3.45. The van der Waals surface area contributed by atoms with E-state index < -0.39 is 0 Å². The Balaban J connectivity index is 0.00000200. The number of ether oxygens (including phenoxy) is 1. The Morgan fingerprint density at radius 3 is 2.30 bits per heavy atom. The van der Waals surface area contributed by atoms with Crippen LogP contribution in [0.5, 0.6) is 5.75 Å². The maximum absolute atomic E-state index is 5.78. The first kappa shape index (κ1) is 16.6. The van der Waals surface area contributed by atoms with E-state index in [0.29, 0.717) is 12.5 Å². The summed E-state index contributed by atoms with van der Waals surface area (Å²) in [5.74, 6) is 1.49. The van der Waals surface area contributed by atoms with Crippen LogP contribution in [0.2, 0.25) is 0 Å². The zero-order valence-corrected chi connectivity index (χ0v) is 13.4. The van der Waals surface area contributed by atoms with E-state index in [4.69, 9.17) is 4.74 Å². The molecule has 20 heavy (non-hydrogen) atoms. The quantitative estimate of drug-likeness (QED) is 0.898. The SMILES string of the molecule is Cc1n[nH]c(C)c1CCOc1ccc(C(C)C)cc1.Cl. The lowest BCUT2D eigenvalue weighted by molar-refractivity contribution is 0.321. The lowest BCUT2D eigenvalue weighted by Gasteiger charge is -2.09. The number of aromatic nitrogens is 2. The van der Waals surface area contributed by atoms with Crippen molar-refractivity contribution in [2.24, 2.45) is 0 Å². The van der Waals surface area contributed by atoms with Crippen LogP contribution in [0.25, 0.3) is 0 Å². The fraction of sp³-hybridized carbons (Fsp3) is 0.438. The topological polar surface area (TPSA) is 37.9 Å². The molecule has 0 bridgehead atoms. The second-order valence-electron chi connectivity index (χ2n) is 5.23. The Hall–Kier alpha value is -1.48. The van der Waals surface area contributed by atoms with Crippen LogP contribution >= 0.6 is 12.4 Å². The number of aryl methyl sites for hydroxylation is 2. The molecule has 0 amide bonds. The zero-order chi connectivity index (χ0) is 13.8. The van der Waals surface area contributed by atoms with Crippen LogP contribution in [-0.4, -0.2) is 16.8 Å². The van der Waals surface area contributed by atoms with Gasteiger partial charge in [-0.1, -0.05) is 26.0 Å². The van der Waals surface area contributed by atoms with Crippen molar-refractivity contribution in [2.75, 3.05) is 6.61 Å². The fourth-order valence-corrected chi connectivity index (χ4v) is 2.16. The lowest BCUT2D eigenvalue weighted by Crippen LogP contribution is -2.03. The van der Waals surface area contributed by atoms with E-state index in [9.17, 15) is 0 Å². The highest BCUT2D eigenvalue weighted by Crippen LogP contribution is 2.19. The standard InChI is InChI=1S/C16H22N2O.ClH/c1-11(2)14-5-7-15(8-6-14)19-10-9-16-12(3)17-18-13(16)4;/h5-8,11H,9-10H2,1-4H3,(H,17,18);1H. The molecule has 110 valence electrons. The van der Waals surface area contributed by atoms with Crippen LogP contribution in [0, 0.1) is 13.8 Å². The maximum Gasteiger partial charge on any atom is 0.119 e. The van der Waals surface area contributed by atoms with Gasteiger partial charge >= 0.3 is 0 Å². The van der Waals surface area contributed by atoms with E-state index in [0.717, 1.165) is 23.6 Å². The van der Waals surface area contributed by atoms with Crippen molar-refractivity contribution in [3.63, 3.8) is 0 Å². The highest BCUT2D eigenvalue weighted by molar-refractivity contribution is 5.85. The molecule has 0 saturated heterocycles. The lowest BCUT2D eigenvalue weighted by atomic mass is 10.0. The number of nitrogens with zero attached hydrogens (tertiary/aromatic N) is 1. The van der Waals surface area contributed by atoms with Gasteiger partial charge in [0.1, 0.15) is 5.75 Å². The van der Waals surface area contributed by atoms with Gasteiger partial charge in [-0.2, -0.15) is 5.10 Å². The molecule has 1 N–H and O–H groups in total. The normalized spacial score (nSPS) is 10.4. The highest BCUT2D eigenvalue weighted by atomic mass is 35.5. The van der Waals surface area contributed by atoms with Crippen molar-refractivity contribution in [1.29, 1.82) is 0 Å². The van der Waals surface area contributed by atoms with Gasteiger partial charge in [-0.05, 0) is 43.0 Å². The van der Waals surface area contributed by atoms with Gasteiger partial charge in [0.2, 0.25) is 0 Å². The minimum Gasteiger partial charge on any atom is -0.493 e. The number of nitrogens with one attached hydrogen (secondary N) is 1. The Morgan fingerprint density at radius 2 is 1.80 bits per heavy atom. The number of H-pyrrole nitrogens is 1. The first-order chi connectivity index (χ1) is 9.08. The average molecular weight is 295 g/mol. The van der Waals surface area contributed by atoms with Crippen molar-refractivity contribution < 1.29 is 4.74 Å². The summed E-state index contributed by atoms with van der Waals surface area (Å²) in [6.45, 7) is 9.14. The summed E-state index contributed by atoms with van der Waals surface area (Å²) in [5.41, 5.74) is 4.81. The molecule has 0 spiro atoms. The van der Waals surface area contributed by atoms with Crippen molar-refractivity contribution in [2.45, 2.75) is 40.0 Å². The van der Waals surface area contributed by atoms with E-state index in [-0.39, 0.29) is 12.4 Å². The minimum absolute atomic E-state index is 0. The van der Waals surface area contributed by atoms with Gasteiger partial charge < -0.3 is 4.74 Å². The number of hydrogen-bond donors (Lipinski definition) is 1. The Morgan fingerprint density at radius 1 is 1.15 bits per heavy atom. The summed E-state index contributed by atoms with van der Waals surface area (Å²) < 4.78 is 5.78. The summed E-state index contributed by atoms with van der Waals surface area (Å²) in [6.07, 6.45) is 0.889. The van der Waals surface area contributed by atoms with E-state index >= 15 is 0 Å². The minimum atomic E-state index is 0. The number of halogens is 1. The molecule has 0 atom stereocenters. The van der Waals surface area contributed by atoms with Crippen LogP contribution in [-0.2, 0) is 6.42 Å². The number of benzene rings is 1. The molecule has 0 fully saturated rings. The second kappa shape index (κ2) is 7.34. The van der Waals surface area contributed by atoms with E-state index in [1.807, 2.05) is 26.0 Å². The van der Waals surface area contributed by atoms with Gasteiger partial charge in [-0.15, -0.1) is 12.4 Å². The van der Waals surface area contributed by atoms with Gasteiger partial charge in [-0.25, -0.2) is 0 Å². The molecule has 2 rings (SSSR count). The molecular formula is C16H23ClN2O. The summed E-state index contributed by atoms with van der Waals surface area (Å²) >= 11 is 0. The molecule has 0 aliphatic rings. The number of aromatic amines is 1. The van der Waals surface area contributed by atoms with Gasteiger partial charge in [0.25, 0.3) is 0 Å². The molecule has 1 aromatic carbocycles. The summed E-state index contributed by atoms with van der Waals surface area (Å²) in [4.78, 5) is 0. The van der Waals surface area contributed by atoms with Gasteiger partial charge in [0, 0.05) is 12.1 Å². The van der Waals surface area contributed by atoms with E-state index in [1.54, 1.807) is 0 Å². The largest absolute Gasteiger partial charge is 0.493 e. The summed E-state index contributed by atoms with van der Waals surface area (Å²) in [7, 11) is 0. The van der Waals surface area contributed by atoms with Gasteiger partial charge in [-0.3, -0.25) is 5.10 Å². The molecule has 0 aliphatic heterocycles. The Bertz CT molecular complexity index is 512. The van der Waals surface area contributed by atoms with Crippen LogP contribution < -0.4 is 4.74 Å². The number of rotatable bonds is 5. The van der Waals surface area contributed by atoms with Crippen molar-refractivity contribution >= 4 is 12.4 Å². The molecule has 1 heterocycles. The molecule has 0 radical (unpaired) electrons. The van der Waals surface area contributed by atoms with Crippen molar-refractivity contribution in [3.8, 4) is 5.75 Å². The van der Waals surface area contributed by atoms with Crippen LogP contribution in [0.3, 0.4) is 0 Å². The molecule has 1 aromatic heterocycles. The number of hydrogen-bond acceptors (Lipinski definition) is 2.